The predicted octanol–water partition coefficient (Wildman–Crippen LogP) is 2.91. The SMILES string of the molecule is O=C(NCCNC(=O)c1ccccc1F)c1ccc2c(c1)C(=O)N(C1CCCCC1)C2=O. The van der Waals surface area contributed by atoms with E-state index >= 15 is 0 Å². The third-order valence-electron chi connectivity index (χ3n) is 5.93. The van der Waals surface area contributed by atoms with Crippen molar-refractivity contribution in [2.45, 2.75) is 38.1 Å². The zero-order valence-electron chi connectivity index (χ0n) is 17.5. The highest BCUT2D eigenvalue weighted by molar-refractivity contribution is 6.22. The highest BCUT2D eigenvalue weighted by Gasteiger charge is 2.40. The summed E-state index contributed by atoms with van der Waals surface area (Å²) < 4.78 is 13.6. The fourth-order valence-corrected chi connectivity index (χ4v) is 4.27. The lowest BCUT2D eigenvalue weighted by molar-refractivity contribution is 0.0548. The summed E-state index contributed by atoms with van der Waals surface area (Å²) in [4.78, 5) is 51.5. The van der Waals surface area contributed by atoms with Gasteiger partial charge >= 0.3 is 0 Å². The molecule has 1 fully saturated rings. The Balaban J connectivity index is 1.34. The molecule has 1 saturated carbocycles. The maximum absolute atomic E-state index is 13.6. The standard InChI is InChI=1S/C24H24FN3O4/c25-20-9-5-4-8-18(20)22(30)27-13-12-26-21(29)15-10-11-17-19(14-15)24(32)28(23(17)31)16-6-2-1-3-7-16/h4-5,8-11,14,16H,1-3,6-7,12-13H2,(H,26,29)(H,27,30). The summed E-state index contributed by atoms with van der Waals surface area (Å²) >= 11 is 0. The van der Waals surface area contributed by atoms with Gasteiger partial charge in [0.2, 0.25) is 0 Å². The van der Waals surface area contributed by atoms with Crippen LogP contribution in [0, 0.1) is 5.82 Å². The van der Waals surface area contributed by atoms with Crippen molar-refractivity contribution in [2.24, 2.45) is 0 Å². The van der Waals surface area contributed by atoms with Gasteiger partial charge in [0.15, 0.2) is 0 Å². The predicted molar refractivity (Wildman–Crippen MR) is 115 cm³/mol. The van der Waals surface area contributed by atoms with Crippen molar-refractivity contribution in [1.82, 2.24) is 15.5 Å². The molecule has 8 heteroatoms. The van der Waals surface area contributed by atoms with Crippen molar-refractivity contribution in [3.05, 3.63) is 70.5 Å². The summed E-state index contributed by atoms with van der Waals surface area (Å²) in [6, 6.07) is 10.0. The monoisotopic (exact) mass is 437 g/mol. The van der Waals surface area contributed by atoms with Crippen molar-refractivity contribution in [3.8, 4) is 0 Å². The van der Waals surface area contributed by atoms with Crippen LogP contribution < -0.4 is 10.6 Å². The van der Waals surface area contributed by atoms with Crippen LogP contribution in [0.15, 0.2) is 42.5 Å². The lowest BCUT2D eigenvalue weighted by Crippen LogP contribution is -2.40. The van der Waals surface area contributed by atoms with Gasteiger partial charge in [-0.05, 0) is 43.2 Å². The molecule has 32 heavy (non-hydrogen) atoms. The van der Waals surface area contributed by atoms with Crippen LogP contribution in [0.25, 0.3) is 0 Å². The minimum Gasteiger partial charge on any atom is -0.350 e. The van der Waals surface area contributed by atoms with Gasteiger partial charge in [-0.1, -0.05) is 31.4 Å². The number of halogens is 1. The van der Waals surface area contributed by atoms with Crippen molar-refractivity contribution in [2.75, 3.05) is 13.1 Å². The van der Waals surface area contributed by atoms with Crippen LogP contribution >= 0.6 is 0 Å². The maximum atomic E-state index is 13.6. The molecule has 1 heterocycles. The third-order valence-corrected chi connectivity index (χ3v) is 5.93. The average molecular weight is 437 g/mol. The quantitative estimate of drug-likeness (QED) is 0.537. The first-order valence-electron chi connectivity index (χ1n) is 10.8. The molecule has 4 rings (SSSR count). The van der Waals surface area contributed by atoms with Crippen LogP contribution in [0.1, 0.15) is 73.5 Å². The third kappa shape index (κ3) is 4.26. The zero-order valence-corrected chi connectivity index (χ0v) is 17.5. The average Bonchev–Trinajstić information content (AvgIpc) is 3.06. The Kier molecular flexibility index (Phi) is 6.30. The second-order valence-corrected chi connectivity index (χ2v) is 8.02. The number of nitrogens with one attached hydrogen (secondary N) is 2. The Bertz CT molecular complexity index is 1080. The fraction of sp³-hybridized carbons (Fsp3) is 0.333. The van der Waals surface area contributed by atoms with E-state index in [1.165, 1.54) is 41.3 Å². The minimum absolute atomic E-state index is 0.0665. The van der Waals surface area contributed by atoms with Gasteiger partial charge < -0.3 is 10.6 Å². The van der Waals surface area contributed by atoms with Gasteiger partial charge in [-0.15, -0.1) is 0 Å². The van der Waals surface area contributed by atoms with Crippen LogP contribution in [-0.2, 0) is 0 Å². The molecule has 0 bridgehead atoms. The molecule has 166 valence electrons. The van der Waals surface area contributed by atoms with E-state index in [-0.39, 0.29) is 47.6 Å². The number of rotatable bonds is 6. The highest BCUT2D eigenvalue weighted by Crippen LogP contribution is 2.31. The normalized spacial score (nSPS) is 16.1. The molecule has 0 atom stereocenters. The molecule has 2 N–H and O–H groups in total. The second-order valence-electron chi connectivity index (χ2n) is 8.02. The van der Waals surface area contributed by atoms with Gasteiger partial charge in [-0.2, -0.15) is 0 Å². The molecule has 0 unspecified atom stereocenters. The Hall–Kier alpha value is -3.55. The summed E-state index contributed by atoms with van der Waals surface area (Å²) in [5, 5.41) is 5.20. The fourth-order valence-electron chi connectivity index (χ4n) is 4.27. The van der Waals surface area contributed by atoms with E-state index in [0.717, 1.165) is 32.1 Å². The van der Waals surface area contributed by atoms with Gasteiger partial charge in [0, 0.05) is 24.7 Å². The molecule has 2 aromatic carbocycles. The van der Waals surface area contributed by atoms with E-state index < -0.39 is 17.6 Å². The summed E-state index contributed by atoms with van der Waals surface area (Å²) in [5.41, 5.74) is 0.773. The van der Waals surface area contributed by atoms with Crippen LogP contribution in [0.4, 0.5) is 4.39 Å². The highest BCUT2D eigenvalue weighted by atomic mass is 19.1. The Morgan fingerprint density at radius 1 is 0.875 bits per heavy atom. The molecule has 0 saturated heterocycles. The number of carbonyl (C=O) groups is 4. The number of hydrogen-bond donors (Lipinski definition) is 2. The van der Waals surface area contributed by atoms with Gasteiger partial charge in [0.1, 0.15) is 5.82 Å². The summed E-state index contributed by atoms with van der Waals surface area (Å²) in [6.07, 6.45) is 4.75. The largest absolute Gasteiger partial charge is 0.350 e. The summed E-state index contributed by atoms with van der Waals surface area (Å²) in [7, 11) is 0. The molecular formula is C24H24FN3O4. The van der Waals surface area contributed by atoms with Crippen molar-refractivity contribution < 1.29 is 23.6 Å². The Morgan fingerprint density at radius 3 is 2.25 bits per heavy atom. The Labute approximate surface area is 185 Å². The van der Waals surface area contributed by atoms with E-state index in [1.807, 2.05) is 0 Å². The first kappa shape index (κ1) is 21.7. The molecule has 2 aromatic rings. The smallest absolute Gasteiger partial charge is 0.261 e. The molecule has 2 aliphatic rings. The first-order valence-corrected chi connectivity index (χ1v) is 10.8. The van der Waals surface area contributed by atoms with E-state index in [4.69, 9.17) is 0 Å². The summed E-state index contributed by atoms with van der Waals surface area (Å²) in [6.45, 7) is 0.230. The maximum Gasteiger partial charge on any atom is 0.261 e. The van der Waals surface area contributed by atoms with Gasteiger partial charge in [-0.3, -0.25) is 24.1 Å². The van der Waals surface area contributed by atoms with Crippen LogP contribution in [-0.4, -0.2) is 47.7 Å². The van der Waals surface area contributed by atoms with E-state index in [1.54, 1.807) is 6.07 Å². The molecule has 0 aromatic heterocycles. The minimum atomic E-state index is -0.617. The molecule has 7 nitrogen and oxygen atoms in total. The van der Waals surface area contributed by atoms with E-state index in [2.05, 4.69) is 10.6 Å². The van der Waals surface area contributed by atoms with Crippen LogP contribution in [0.3, 0.4) is 0 Å². The molecule has 1 aliphatic heterocycles. The molecule has 0 radical (unpaired) electrons. The number of amides is 4. The topological polar surface area (TPSA) is 95.6 Å². The molecule has 1 aliphatic carbocycles. The zero-order chi connectivity index (χ0) is 22.7. The number of benzene rings is 2. The number of nitrogens with zero attached hydrogens (tertiary/aromatic N) is 1. The number of carbonyl (C=O) groups excluding carboxylic acids is 4. The lowest BCUT2D eigenvalue weighted by Gasteiger charge is -2.29. The second kappa shape index (κ2) is 9.30. The van der Waals surface area contributed by atoms with Crippen molar-refractivity contribution in [3.63, 3.8) is 0 Å². The number of hydrogen-bond acceptors (Lipinski definition) is 4. The molecule has 0 spiro atoms. The van der Waals surface area contributed by atoms with E-state index in [0.29, 0.717) is 5.56 Å². The Morgan fingerprint density at radius 2 is 1.53 bits per heavy atom. The molecule has 4 amide bonds. The van der Waals surface area contributed by atoms with E-state index in [9.17, 15) is 23.6 Å². The van der Waals surface area contributed by atoms with Gasteiger partial charge in [0.05, 0.1) is 16.7 Å². The number of imide groups is 1. The van der Waals surface area contributed by atoms with Crippen LogP contribution in [0.5, 0.6) is 0 Å². The van der Waals surface area contributed by atoms with Crippen LogP contribution in [0.2, 0.25) is 0 Å². The van der Waals surface area contributed by atoms with Crippen molar-refractivity contribution in [1.29, 1.82) is 0 Å². The van der Waals surface area contributed by atoms with Gasteiger partial charge in [0.25, 0.3) is 23.6 Å². The lowest BCUT2D eigenvalue weighted by atomic mass is 9.94. The first-order chi connectivity index (χ1) is 15.5. The van der Waals surface area contributed by atoms with Gasteiger partial charge in [-0.25, -0.2) is 4.39 Å². The number of fused-ring (bicyclic) bond motifs is 1. The van der Waals surface area contributed by atoms with Crippen molar-refractivity contribution >= 4 is 23.6 Å². The molecular weight excluding hydrogens is 413 g/mol. The summed E-state index contributed by atoms with van der Waals surface area (Å²) in [5.74, 6) is -2.25.